The second-order valence-electron chi connectivity index (χ2n) is 4.54. The van der Waals surface area contributed by atoms with Crippen LogP contribution in [0, 0.1) is 17.5 Å². The summed E-state index contributed by atoms with van der Waals surface area (Å²) in [5.74, 6) is -0.854. The van der Waals surface area contributed by atoms with Crippen LogP contribution < -0.4 is 5.32 Å². The van der Waals surface area contributed by atoms with Crippen LogP contribution in [0.5, 0.6) is 0 Å². The van der Waals surface area contributed by atoms with Crippen molar-refractivity contribution in [3.8, 4) is 0 Å². The van der Waals surface area contributed by atoms with Crippen LogP contribution >= 0.6 is 11.8 Å². The van der Waals surface area contributed by atoms with E-state index in [1.165, 1.54) is 36.0 Å². The van der Waals surface area contributed by atoms with Crippen molar-refractivity contribution in [3.05, 3.63) is 65.5 Å². The molecule has 2 rings (SSSR count). The SMILES string of the molecule is CCNC(CSc1ccc(F)cc1)c1ccc(F)cc1F. The molecule has 0 saturated carbocycles. The first kappa shape index (κ1) is 15.9. The number of benzene rings is 2. The Hall–Kier alpha value is -1.46. The van der Waals surface area contributed by atoms with E-state index in [2.05, 4.69) is 5.32 Å². The van der Waals surface area contributed by atoms with E-state index in [1.807, 2.05) is 6.92 Å². The summed E-state index contributed by atoms with van der Waals surface area (Å²) in [4.78, 5) is 0.904. The lowest BCUT2D eigenvalue weighted by atomic mass is 10.1. The predicted octanol–water partition coefficient (Wildman–Crippen LogP) is 4.55. The zero-order valence-electron chi connectivity index (χ0n) is 11.6. The van der Waals surface area contributed by atoms with E-state index in [4.69, 9.17) is 0 Å². The summed E-state index contributed by atoms with van der Waals surface area (Å²) >= 11 is 1.50. The molecule has 2 aromatic rings. The van der Waals surface area contributed by atoms with Crippen LogP contribution in [0.4, 0.5) is 13.2 Å². The normalized spacial score (nSPS) is 12.4. The first-order valence-corrected chi connectivity index (χ1v) is 7.65. The summed E-state index contributed by atoms with van der Waals surface area (Å²) in [5, 5.41) is 3.18. The lowest BCUT2D eigenvalue weighted by Crippen LogP contribution is -2.24. The minimum absolute atomic E-state index is 0.231. The number of rotatable bonds is 6. The molecule has 0 radical (unpaired) electrons. The number of halogens is 3. The van der Waals surface area contributed by atoms with Gasteiger partial charge in [-0.25, -0.2) is 13.2 Å². The van der Waals surface area contributed by atoms with Crippen LogP contribution in [-0.2, 0) is 0 Å². The van der Waals surface area contributed by atoms with E-state index in [-0.39, 0.29) is 11.9 Å². The Morgan fingerprint density at radius 1 is 1.00 bits per heavy atom. The van der Waals surface area contributed by atoms with Crippen molar-refractivity contribution < 1.29 is 13.2 Å². The quantitative estimate of drug-likeness (QED) is 0.786. The maximum absolute atomic E-state index is 13.9. The van der Waals surface area contributed by atoms with Gasteiger partial charge in [0.15, 0.2) is 0 Å². The molecule has 21 heavy (non-hydrogen) atoms. The van der Waals surface area contributed by atoms with Crippen molar-refractivity contribution in [2.24, 2.45) is 0 Å². The van der Waals surface area contributed by atoms with Crippen molar-refractivity contribution in [2.75, 3.05) is 12.3 Å². The fourth-order valence-electron chi connectivity index (χ4n) is 2.00. The van der Waals surface area contributed by atoms with Gasteiger partial charge in [0, 0.05) is 28.3 Å². The largest absolute Gasteiger partial charge is 0.309 e. The van der Waals surface area contributed by atoms with Crippen molar-refractivity contribution in [3.63, 3.8) is 0 Å². The van der Waals surface area contributed by atoms with Gasteiger partial charge in [-0.2, -0.15) is 0 Å². The van der Waals surface area contributed by atoms with Crippen molar-refractivity contribution in [2.45, 2.75) is 17.9 Å². The van der Waals surface area contributed by atoms with Gasteiger partial charge in [-0.3, -0.25) is 0 Å². The smallest absolute Gasteiger partial charge is 0.130 e. The number of hydrogen-bond acceptors (Lipinski definition) is 2. The molecular formula is C16H16F3NS. The molecule has 1 unspecified atom stereocenters. The van der Waals surface area contributed by atoms with E-state index in [9.17, 15) is 13.2 Å². The standard InChI is InChI=1S/C16H16F3NS/c1-2-20-16(14-8-5-12(18)9-15(14)19)10-21-13-6-3-11(17)4-7-13/h3-9,16,20H,2,10H2,1H3. The van der Waals surface area contributed by atoms with Crippen LogP contribution in [0.3, 0.4) is 0 Å². The number of nitrogens with one attached hydrogen (secondary N) is 1. The molecule has 0 aromatic heterocycles. The summed E-state index contributed by atoms with van der Waals surface area (Å²) in [6, 6.07) is 9.53. The van der Waals surface area contributed by atoms with E-state index in [0.717, 1.165) is 11.0 Å². The molecule has 0 aliphatic heterocycles. The average molecular weight is 311 g/mol. The Morgan fingerprint density at radius 3 is 2.29 bits per heavy atom. The molecule has 1 N–H and O–H groups in total. The molecule has 0 spiro atoms. The van der Waals surface area contributed by atoms with E-state index < -0.39 is 11.6 Å². The highest BCUT2D eigenvalue weighted by atomic mass is 32.2. The first-order valence-electron chi connectivity index (χ1n) is 6.67. The molecule has 0 fully saturated rings. The third-order valence-corrected chi connectivity index (χ3v) is 4.12. The summed E-state index contributed by atoms with van der Waals surface area (Å²) in [5.41, 5.74) is 0.438. The van der Waals surface area contributed by atoms with Crippen LogP contribution in [0.1, 0.15) is 18.5 Å². The Morgan fingerprint density at radius 2 is 1.67 bits per heavy atom. The lowest BCUT2D eigenvalue weighted by molar-refractivity contribution is 0.531. The monoisotopic (exact) mass is 311 g/mol. The van der Waals surface area contributed by atoms with Gasteiger partial charge >= 0.3 is 0 Å². The molecule has 0 aliphatic carbocycles. The van der Waals surface area contributed by atoms with Crippen molar-refractivity contribution >= 4 is 11.8 Å². The topological polar surface area (TPSA) is 12.0 Å². The van der Waals surface area contributed by atoms with Gasteiger partial charge in [-0.05, 0) is 36.9 Å². The van der Waals surface area contributed by atoms with E-state index in [0.29, 0.717) is 17.9 Å². The van der Waals surface area contributed by atoms with E-state index in [1.54, 1.807) is 12.1 Å². The maximum atomic E-state index is 13.9. The predicted molar refractivity (Wildman–Crippen MR) is 79.9 cm³/mol. The lowest BCUT2D eigenvalue weighted by Gasteiger charge is -2.18. The molecule has 1 atom stereocenters. The van der Waals surface area contributed by atoms with Crippen molar-refractivity contribution in [1.29, 1.82) is 0 Å². The third-order valence-electron chi connectivity index (χ3n) is 3.02. The highest BCUT2D eigenvalue weighted by molar-refractivity contribution is 7.99. The van der Waals surface area contributed by atoms with Gasteiger partial charge < -0.3 is 5.32 Å². The second-order valence-corrected chi connectivity index (χ2v) is 5.63. The van der Waals surface area contributed by atoms with Gasteiger partial charge in [-0.1, -0.05) is 13.0 Å². The van der Waals surface area contributed by atoms with Gasteiger partial charge in [0.2, 0.25) is 0 Å². The Kier molecular flexibility index (Phi) is 5.70. The fraction of sp³-hybridized carbons (Fsp3) is 0.250. The molecule has 0 bridgehead atoms. The summed E-state index contributed by atoms with van der Waals surface area (Å²) in [7, 11) is 0. The van der Waals surface area contributed by atoms with E-state index >= 15 is 0 Å². The van der Waals surface area contributed by atoms with Crippen LogP contribution in [0.2, 0.25) is 0 Å². The van der Waals surface area contributed by atoms with Crippen molar-refractivity contribution in [1.82, 2.24) is 5.32 Å². The molecule has 2 aromatic carbocycles. The Balaban J connectivity index is 2.09. The fourth-order valence-corrected chi connectivity index (χ4v) is 2.98. The highest BCUT2D eigenvalue weighted by Gasteiger charge is 2.15. The maximum Gasteiger partial charge on any atom is 0.130 e. The van der Waals surface area contributed by atoms with Gasteiger partial charge in [-0.15, -0.1) is 11.8 Å². The summed E-state index contributed by atoms with van der Waals surface area (Å²) in [6.45, 7) is 2.60. The van der Waals surface area contributed by atoms with Crippen LogP contribution in [-0.4, -0.2) is 12.3 Å². The molecular weight excluding hydrogens is 295 g/mol. The summed E-state index contributed by atoms with van der Waals surface area (Å²) < 4.78 is 39.7. The molecule has 0 heterocycles. The minimum atomic E-state index is -0.585. The molecule has 1 nitrogen and oxygen atoms in total. The average Bonchev–Trinajstić information content (AvgIpc) is 2.46. The minimum Gasteiger partial charge on any atom is -0.309 e. The Labute approximate surface area is 126 Å². The van der Waals surface area contributed by atoms with Gasteiger partial charge in [0.25, 0.3) is 0 Å². The third kappa shape index (κ3) is 4.51. The molecule has 0 saturated heterocycles. The zero-order valence-corrected chi connectivity index (χ0v) is 12.4. The van der Waals surface area contributed by atoms with Crippen LogP contribution in [0.25, 0.3) is 0 Å². The number of thioether (sulfide) groups is 1. The van der Waals surface area contributed by atoms with Crippen LogP contribution in [0.15, 0.2) is 47.4 Å². The Bertz CT molecular complexity index is 587. The highest BCUT2D eigenvalue weighted by Crippen LogP contribution is 2.26. The molecule has 112 valence electrons. The van der Waals surface area contributed by atoms with Gasteiger partial charge in [0.1, 0.15) is 17.5 Å². The molecule has 0 amide bonds. The molecule has 5 heteroatoms. The molecule has 0 aliphatic rings. The zero-order chi connectivity index (χ0) is 15.2. The second kappa shape index (κ2) is 7.52. The first-order chi connectivity index (χ1) is 10.1. The van der Waals surface area contributed by atoms with Gasteiger partial charge in [0.05, 0.1) is 0 Å². The summed E-state index contributed by atoms with van der Waals surface area (Å²) in [6.07, 6.45) is 0. The number of hydrogen-bond donors (Lipinski definition) is 1.